The fraction of sp³-hybridized carbons (Fsp3) is 0.333. The van der Waals surface area contributed by atoms with Crippen LogP contribution in [-0.2, 0) is 14.3 Å². The molecule has 12 heteroatoms. The standard InChI is InChI=1S/C15H14N4O5S2.Na.H/c16-14-17-7(6-26-14)9(8-2-1-4-24-8)11(20)18-10-12(21)19(15(22)23)3-5-25-13(10)19;;/h1-2,6,10,13H,3-5H2,(H3-,16,17,18,20,22,23);;/q;+1;-1/b9-8-;;/t10?,13-,19?;;/m0../s1. The Kier molecular flexibility index (Phi) is 5.71. The van der Waals surface area contributed by atoms with E-state index in [4.69, 9.17) is 10.5 Å². The molecular formula is C15H15N4NaO5S2. The minimum absolute atomic E-state index is 0. The molecule has 3 amide bonds. The zero-order valence-electron chi connectivity index (χ0n) is 15.3. The molecule has 2 saturated heterocycles. The zero-order chi connectivity index (χ0) is 18.5. The van der Waals surface area contributed by atoms with Gasteiger partial charge in [0.15, 0.2) is 10.5 Å². The molecule has 138 valence electrons. The van der Waals surface area contributed by atoms with E-state index < -0.39 is 33.8 Å². The quantitative estimate of drug-likeness (QED) is 0.223. The van der Waals surface area contributed by atoms with Crippen LogP contribution in [0.15, 0.2) is 23.3 Å². The Bertz CT molecular complexity index is 892. The van der Waals surface area contributed by atoms with Gasteiger partial charge in [-0.25, -0.2) is 9.78 Å². The van der Waals surface area contributed by atoms with Crippen molar-refractivity contribution >= 4 is 51.7 Å². The van der Waals surface area contributed by atoms with Gasteiger partial charge in [0.25, 0.3) is 12.0 Å². The van der Waals surface area contributed by atoms with E-state index in [9.17, 15) is 19.5 Å². The van der Waals surface area contributed by atoms with E-state index in [0.717, 1.165) is 0 Å². The first-order chi connectivity index (χ1) is 12.4. The molecule has 3 aliphatic heterocycles. The van der Waals surface area contributed by atoms with Crippen molar-refractivity contribution in [2.45, 2.75) is 11.4 Å². The van der Waals surface area contributed by atoms with Crippen molar-refractivity contribution in [1.82, 2.24) is 10.3 Å². The molecule has 0 aliphatic carbocycles. The minimum atomic E-state index is -1.43. The van der Waals surface area contributed by atoms with Gasteiger partial charge in [0.2, 0.25) is 6.04 Å². The maximum Gasteiger partial charge on any atom is 1.00 e. The number of nitrogens with two attached hydrogens (primary N) is 1. The summed E-state index contributed by atoms with van der Waals surface area (Å²) in [5.74, 6) is -0.282. The minimum Gasteiger partial charge on any atom is -1.00 e. The van der Waals surface area contributed by atoms with Crippen LogP contribution < -0.4 is 45.7 Å². The van der Waals surface area contributed by atoms with Gasteiger partial charge in [0, 0.05) is 11.1 Å². The Balaban J connectivity index is 0.00000140. The Labute approximate surface area is 186 Å². The third kappa shape index (κ3) is 3.12. The molecule has 0 radical (unpaired) electrons. The maximum absolute atomic E-state index is 12.9. The van der Waals surface area contributed by atoms with Gasteiger partial charge in [0.1, 0.15) is 24.5 Å². The van der Waals surface area contributed by atoms with Gasteiger partial charge in [-0.15, -0.1) is 11.3 Å². The monoisotopic (exact) mass is 418 g/mol. The summed E-state index contributed by atoms with van der Waals surface area (Å²) < 4.78 is 4.70. The SMILES string of the molecule is Nc1nc(/C(C(=O)NC2C(=O)[N+]3(C(=O)[O-])CCS[C@@H]23)=C2\C=CCO2)cs1.[H-].[Na+]. The third-order valence-electron chi connectivity index (χ3n) is 4.58. The predicted octanol–water partition coefficient (Wildman–Crippen LogP) is -3.60. The van der Waals surface area contributed by atoms with Crippen LogP contribution in [0.25, 0.3) is 5.57 Å². The second-order valence-corrected chi connectivity index (χ2v) is 8.05. The van der Waals surface area contributed by atoms with Gasteiger partial charge in [0.05, 0.1) is 5.69 Å². The van der Waals surface area contributed by atoms with Crippen molar-refractivity contribution in [2.24, 2.45) is 0 Å². The topological polar surface area (TPSA) is 134 Å². The van der Waals surface area contributed by atoms with E-state index in [0.29, 0.717) is 28.9 Å². The average molecular weight is 418 g/mol. The normalized spacial score (nSPS) is 30.0. The molecule has 3 atom stereocenters. The molecule has 1 aromatic rings. The molecule has 0 aromatic carbocycles. The van der Waals surface area contributed by atoms with Crippen molar-refractivity contribution in [2.75, 3.05) is 24.6 Å². The number of rotatable bonds is 3. The molecule has 4 rings (SSSR count). The van der Waals surface area contributed by atoms with Crippen LogP contribution in [0.2, 0.25) is 0 Å². The van der Waals surface area contributed by atoms with Crippen LogP contribution in [-0.4, -0.2) is 57.7 Å². The first-order valence-corrected chi connectivity index (χ1v) is 9.69. The summed E-state index contributed by atoms with van der Waals surface area (Å²) in [6.07, 6.45) is 1.97. The number of anilines is 1. The van der Waals surface area contributed by atoms with Gasteiger partial charge < -0.3 is 27.1 Å². The number of hydrogen-bond acceptors (Lipinski definition) is 9. The van der Waals surface area contributed by atoms with Crippen LogP contribution in [0.3, 0.4) is 0 Å². The zero-order valence-corrected chi connectivity index (χ0v) is 18.0. The van der Waals surface area contributed by atoms with Crippen LogP contribution >= 0.6 is 23.1 Å². The summed E-state index contributed by atoms with van der Waals surface area (Å²) in [7, 11) is 0. The van der Waals surface area contributed by atoms with Crippen LogP contribution in [0.4, 0.5) is 9.93 Å². The van der Waals surface area contributed by atoms with E-state index in [1.54, 1.807) is 17.5 Å². The molecule has 4 heterocycles. The third-order valence-corrected chi connectivity index (χ3v) is 6.65. The molecule has 27 heavy (non-hydrogen) atoms. The van der Waals surface area contributed by atoms with E-state index in [1.165, 1.54) is 23.1 Å². The van der Waals surface area contributed by atoms with Crippen molar-refractivity contribution < 1.29 is 59.7 Å². The number of carboxylic acid groups (broad SMARTS) is 1. The van der Waals surface area contributed by atoms with Crippen LogP contribution in [0.5, 0.6) is 0 Å². The Morgan fingerprint density at radius 3 is 2.85 bits per heavy atom. The summed E-state index contributed by atoms with van der Waals surface area (Å²) in [6.45, 7) is 0.503. The average Bonchev–Trinajstić information content (AvgIpc) is 3.33. The van der Waals surface area contributed by atoms with Gasteiger partial charge in [-0.05, 0) is 12.2 Å². The second kappa shape index (κ2) is 7.57. The number of nitrogen functional groups attached to an aromatic ring is 1. The fourth-order valence-corrected chi connectivity index (χ4v) is 5.45. The largest absolute Gasteiger partial charge is 1.00 e. The van der Waals surface area contributed by atoms with Gasteiger partial charge in [-0.3, -0.25) is 4.79 Å². The molecule has 0 bridgehead atoms. The summed E-state index contributed by atoms with van der Waals surface area (Å²) in [6, 6.07) is -0.898. The number of imide groups is 1. The van der Waals surface area contributed by atoms with Crippen LogP contribution in [0.1, 0.15) is 7.12 Å². The molecule has 2 unspecified atom stereocenters. The number of hydrogen-bond donors (Lipinski definition) is 2. The number of ether oxygens (including phenoxy) is 1. The van der Waals surface area contributed by atoms with Crippen molar-refractivity contribution in [3.8, 4) is 0 Å². The summed E-state index contributed by atoms with van der Waals surface area (Å²) in [5, 5.41) is 15.4. The number of amides is 3. The number of quaternary nitrogens is 1. The van der Waals surface area contributed by atoms with E-state index in [-0.39, 0.29) is 43.1 Å². The summed E-state index contributed by atoms with van der Waals surface area (Å²) in [5.41, 5.74) is 6.17. The molecule has 3 N–H and O–H groups in total. The number of carbonyl (C=O) groups excluding carboxylic acids is 3. The number of aromatic nitrogens is 1. The van der Waals surface area contributed by atoms with Crippen molar-refractivity contribution in [3.63, 3.8) is 0 Å². The number of nitrogens with zero attached hydrogens (tertiary/aromatic N) is 2. The van der Waals surface area contributed by atoms with Crippen molar-refractivity contribution in [1.29, 1.82) is 0 Å². The number of nitrogens with one attached hydrogen (secondary N) is 1. The number of fused-ring (bicyclic) bond motifs is 1. The second-order valence-electron chi connectivity index (χ2n) is 5.93. The molecule has 9 nitrogen and oxygen atoms in total. The molecule has 2 fully saturated rings. The predicted molar refractivity (Wildman–Crippen MR) is 93.4 cm³/mol. The van der Waals surface area contributed by atoms with Gasteiger partial charge >= 0.3 is 35.5 Å². The Hall–Kier alpha value is -1.37. The van der Waals surface area contributed by atoms with E-state index in [2.05, 4.69) is 10.3 Å². The molecule has 0 saturated carbocycles. The number of carbonyl (C=O) groups is 3. The van der Waals surface area contributed by atoms with Gasteiger partial charge in [-0.2, -0.15) is 4.48 Å². The number of allylic oxidation sites excluding steroid dienone is 1. The summed E-state index contributed by atoms with van der Waals surface area (Å²) >= 11 is 2.52. The maximum atomic E-state index is 12.9. The fourth-order valence-electron chi connectivity index (χ4n) is 3.33. The smallest absolute Gasteiger partial charge is 1.00 e. The van der Waals surface area contributed by atoms with E-state index >= 15 is 0 Å². The van der Waals surface area contributed by atoms with Crippen molar-refractivity contribution in [3.05, 3.63) is 29.0 Å². The first kappa shape index (κ1) is 20.4. The first-order valence-electron chi connectivity index (χ1n) is 7.76. The van der Waals surface area contributed by atoms with E-state index in [1.807, 2.05) is 0 Å². The Morgan fingerprint density at radius 2 is 2.26 bits per heavy atom. The molecule has 0 spiro atoms. The Morgan fingerprint density at radius 1 is 1.48 bits per heavy atom. The van der Waals surface area contributed by atoms with Crippen LogP contribution in [0, 0.1) is 0 Å². The molecule has 1 aromatic heterocycles. The summed E-state index contributed by atoms with van der Waals surface area (Å²) in [4.78, 5) is 40.9. The number of β-lactam (4-membered cyclic amide) rings is 1. The number of thiazole rings is 1. The molecular weight excluding hydrogens is 403 g/mol. The van der Waals surface area contributed by atoms with Gasteiger partial charge in [-0.1, -0.05) is 11.8 Å². The number of thioether (sulfide) groups is 1. The molecule has 3 aliphatic rings.